The van der Waals surface area contributed by atoms with Crippen molar-refractivity contribution in [3.05, 3.63) is 65.7 Å². The van der Waals surface area contributed by atoms with Crippen LogP contribution in [0.4, 0.5) is 0 Å². The molecule has 0 unspecified atom stereocenters. The second-order valence-electron chi connectivity index (χ2n) is 7.08. The van der Waals surface area contributed by atoms with E-state index >= 15 is 0 Å². The lowest BCUT2D eigenvalue weighted by atomic mass is 10.2. The third-order valence-corrected chi connectivity index (χ3v) is 7.02. The number of nitrogens with one attached hydrogen (secondary N) is 2. The molecule has 2 aromatic rings. The normalized spacial score (nSPS) is 16.6. The van der Waals surface area contributed by atoms with Gasteiger partial charge in [0, 0.05) is 46.3 Å². The van der Waals surface area contributed by atoms with Gasteiger partial charge in [-0.3, -0.25) is 4.99 Å². The Hall–Kier alpha value is -2.42. The molecule has 7 nitrogen and oxygen atoms in total. The Morgan fingerprint density at radius 3 is 2.24 bits per heavy atom. The van der Waals surface area contributed by atoms with Gasteiger partial charge in [0.15, 0.2) is 5.96 Å². The highest BCUT2D eigenvalue weighted by Crippen LogP contribution is 2.21. The van der Waals surface area contributed by atoms with E-state index in [9.17, 15) is 8.42 Å². The minimum Gasteiger partial charge on any atom is -0.352 e. The maximum atomic E-state index is 13.2. The van der Waals surface area contributed by atoms with E-state index in [1.807, 2.05) is 49.5 Å². The Labute approximate surface area is 173 Å². The summed E-state index contributed by atoms with van der Waals surface area (Å²) in [5.41, 5.74) is 1.88. The molecule has 2 aromatic carbocycles. The van der Waals surface area contributed by atoms with Crippen molar-refractivity contribution in [2.75, 3.05) is 40.3 Å². The summed E-state index contributed by atoms with van der Waals surface area (Å²) >= 11 is 0. The molecule has 0 saturated carbocycles. The zero-order valence-corrected chi connectivity index (χ0v) is 17.8. The summed E-state index contributed by atoms with van der Waals surface area (Å²) in [7, 11) is 0.192. The summed E-state index contributed by atoms with van der Waals surface area (Å²) in [5, 5.41) is 6.48. The number of piperazine rings is 1. The summed E-state index contributed by atoms with van der Waals surface area (Å²) in [6.07, 6.45) is 0. The van der Waals surface area contributed by atoms with Gasteiger partial charge in [-0.2, -0.15) is 4.31 Å². The van der Waals surface area contributed by atoms with E-state index in [-0.39, 0.29) is 0 Å². The fourth-order valence-electron chi connectivity index (χ4n) is 3.25. The number of benzene rings is 2. The molecule has 0 bridgehead atoms. The Morgan fingerprint density at radius 2 is 1.55 bits per heavy atom. The molecule has 0 spiro atoms. The molecule has 1 aliphatic heterocycles. The first-order chi connectivity index (χ1) is 14.0. The molecule has 3 rings (SSSR count). The summed E-state index contributed by atoms with van der Waals surface area (Å²) in [6, 6.07) is 17.2. The highest BCUT2D eigenvalue weighted by molar-refractivity contribution is 7.89. The van der Waals surface area contributed by atoms with Crippen molar-refractivity contribution in [2.45, 2.75) is 18.0 Å². The summed E-state index contributed by atoms with van der Waals surface area (Å²) < 4.78 is 27.9. The van der Waals surface area contributed by atoms with Crippen LogP contribution >= 0.6 is 0 Å². The van der Waals surface area contributed by atoms with Gasteiger partial charge >= 0.3 is 0 Å². The number of likely N-dealkylation sites (N-methyl/N-ethyl adjacent to an activating group) is 1. The molecule has 0 atom stereocenters. The van der Waals surface area contributed by atoms with Crippen molar-refractivity contribution in [3.8, 4) is 0 Å². The second-order valence-corrected chi connectivity index (χ2v) is 8.99. The van der Waals surface area contributed by atoms with Gasteiger partial charge in [0.25, 0.3) is 0 Å². The zero-order valence-electron chi connectivity index (χ0n) is 17.0. The maximum absolute atomic E-state index is 13.2. The van der Waals surface area contributed by atoms with Gasteiger partial charge in [0.1, 0.15) is 0 Å². The highest BCUT2D eigenvalue weighted by Gasteiger charge is 2.29. The number of hydrogen-bond donors (Lipinski definition) is 2. The largest absolute Gasteiger partial charge is 0.352 e. The van der Waals surface area contributed by atoms with E-state index in [1.54, 1.807) is 23.5 Å². The van der Waals surface area contributed by atoms with Crippen LogP contribution in [0.15, 0.2) is 64.5 Å². The number of nitrogens with zero attached hydrogens (tertiary/aromatic N) is 3. The average Bonchev–Trinajstić information content (AvgIpc) is 2.75. The third-order valence-electron chi connectivity index (χ3n) is 5.03. The standard InChI is InChI=1S/C21H29N5O2S/c1-22-21(23-16-18-8-4-3-5-9-18)24-17-19-10-6-7-11-20(19)29(27,28)26-14-12-25(2)13-15-26/h3-11H,12-17H2,1-2H3,(H2,22,23,24). The quantitative estimate of drug-likeness (QED) is 0.552. The summed E-state index contributed by atoms with van der Waals surface area (Å²) in [4.78, 5) is 6.74. The predicted octanol–water partition coefficient (Wildman–Crippen LogP) is 1.49. The topological polar surface area (TPSA) is 77.0 Å². The van der Waals surface area contributed by atoms with E-state index in [0.717, 1.165) is 24.2 Å². The first kappa shape index (κ1) is 21.3. The number of sulfonamides is 1. The van der Waals surface area contributed by atoms with Crippen LogP contribution in [-0.2, 0) is 23.1 Å². The first-order valence-electron chi connectivity index (χ1n) is 9.76. The monoisotopic (exact) mass is 415 g/mol. The van der Waals surface area contributed by atoms with Crippen LogP contribution in [0.25, 0.3) is 0 Å². The van der Waals surface area contributed by atoms with Crippen molar-refractivity contribution in [1.29, 1.82) is 0 Å². The highest BCUT2D eigenvalue weighted by atomic mass is 32.2. The van der Waals surface area contributed by atoms with Gasteiger partial charge in [-0.05, 0) is 24.2 Å². The van der Waals surface area contributed by atoms with E-state index < -0.39 is 10.0 Å². The van der Waals surface area contributed by atoms with Crippen molar-refractivity contribution < 1.29 is 8.42 Å². The Balaban J connectivity index is 1.67. The smallest absolute Gasteiger partial charge is 0.243 e. The number of guanidine groups is 1. The van der Waals surface area contributed by atoms with E-state index in [4.69, 9.17) is 0 Å². The molecule has 0 amide bonds. The van der Waals surface area contributed by atoms with Gasteiger partial charge < -0.3 is 15.5 Å². The van der Waals surface area contributed by atoms with Crippen LogP contribution in [0.5, 0.6) is 0 Å². The maximum Gasteiger partial charge on any atom is 0.243 e. The van der Waals surface area contributed by atoms with Crippen molar-refractivity contribution in [3.63, 3.8) is 0 Å². The van der Waals surface area contributed by atoms with Crippen LogP contribution in [0.2, 0.25) is 0 Å². The van der Waals surface area contributed by atoms with Gasteiger partial charge in [-0.1, -0.05) is 48.5 Å². The number of aliphatic imine (C=N–C) groups is 1. The second kappa shape index (κ2) is 9.87. The number of hydrogen-bond acceptors (Lipinski definition) is 4. The summed E-state index contributed by atoms with van der Waals surface area (Å²) in [6.45, 7) is 3.53. The Morgan fingerprint density at radius 1 is 0.931 bits per heavy atom. The predicted molar refractivity (Wildman–Crippen MR) is 116 cm³/mol. The minimum absolute atomic E-state index is 0.357. The SMILES string of the molecule is CN=C(NCc1ccccc1)NCc1ccccc1S(=O)(=O)N1CCN(C)CC1. The lowest BCUT2D eigenvalue weighted by Gasteiger charge is -2.32. The Kier molecular flexibility index (Phi) is 7.24. The lowest BCUT2D eigenvalue weighted by molar-refractivity contribution is 0.222. The molecule has 1 fully saturated rings. The van der Waals surface area contributed by atoms with Crippen LogP contribution in [0, 0.1) is 0 Å². The van der Waals surface area contributed by atoms with E-state index in [2.05, 4.69) is 20.5 Å². The fourth-order valence-corrected chi connectivity index (χ4v) is 4.89. The van der Waals surface area contributed by atoms with Gasteiger partial charge in [-0.15, -0.1) is 0 Å². The molecular formula is C21H29N5O2S. The zero-order chi connectivity index (χ0) is 20.7. The molecule has 8 heteroatoms. The molecule has 29 heavy (non-hydrogen) atoms. The van der Waals surface area contributed by atoms with Crippen LogP contribution in [-0.4, -0.2) is 63.9 Å². The molecule has 1 aliphatic rings. The van der Waals surface area contributed by atoms with Crippen molar-refractivity contribution >= 4 is 16.0 Å². The first-order valence-corrected chi connectivity index (χ1v) is 11.2. The molecule has 0 aliphatic carbocycles. The van der Waals surface area contributed by atoms with E-state index in [0.29, 0.717) is 37.0 Å². The van der Waals surface area contributed by atoms with Gasteiger partial charge in [0.2, 0.25) is 10.0 Å². The Bertz CT molecular complexity index is 923. The van der Waals surface area contributed by atoms with Crippen LogP contribution in [0.1, 0.15) is 11.1 Å². The molecule has 0 aromatic heterocycles. The minimum atomic E-state index is -3.52. The molecule has 1 heterocycles. The van der Waals surface area contributed by atoms with Crippen LogP contribution < -0.4 is 10.6 Å². The molecule has 0 radical (unpaired) electrons. The average molecular weight is 416 g/mol. The fraction of sp³-hybridized carbons (Fsp3) is 0.381. The summed E-state index contributed by atoms with van der Waals surface area (Å²) in [5.74, 6) is 0.626. The molecule has 156 valence electrons. The molecule has 2 N–H and O–H groups in total. The van der Waals surface area contributed by atoms with Crippen LogP contribution in [0.3, 0.4) is 0 Å². The molecule has 1 saturated heterocycles. The van der Waals surface area contributed by atoms with Crippen molar-refractivity contribution in [2.24, 2.45) is 4.99 Å². The molecular weight excluding hydrogens is 386 g/mol. The van der Waals surface area contributed by atoms with Gasteiger partial charge in [-0.25, -0.2) is 8.42 Å². The third kappa shape index (κ3) is 5.56. The number of rotatable bonds is 6. The van der Waals surface area contributed by atoms with E-state index in [1.165, 1.54) is 0 Å². The van der Waals surface area contributed by atoms with Crippen molar-refractivity contribution in [1.82, 2.24) is 19.8 Å². The lowest BCUT2D eigenvalue weighted by Crippen LogP contribution is -2.47. The van der Waals surface area contributed by atoms with Gasteiger partial charge in [0.05, 0.1) is 4.90 Å².